The van der Waals surface area contributed by atoms with Crippen LogP contribution in [0.5, 0.6) is 0 Å². The van der Waals surface area contributed by atoms with Gasteiger partial charge in [0, 0.05) is 25.2 Å². The van der Waals surface area contributed by atoms with E-state index in [9.17, 15) is 4.79 Å². The van der Waals surface area contributed by atoms with E-state index in [1.165, 1.54) is 5.69 Å². The van der Waals surface area contributed by atoms with Crippen LogP contribution in [0.3, 0.4) is 0 Å². The quantitative estimate of drug-likeness (QED) is 0.868. The van der Waals surface area contributed by atoms with Crippen LogP contribution in [0.2, 0.25) is 0 Å². The van der Waals surface area contributed by atoms with Crippen LogP contribution in [0.25, 0.3) is 0 Å². The predicted octanol–water partition coefficient (Wildman–Crippen LogP) is 2.55. The van der Waals surface area contributed by atoms with Gasteiger partial charge in [-0.25, -0.2) is 0 Å². The fourth-order valence-electron chi connectivity index (χ4n) is 2.33. The average Bonchev–Trinajstić information content (AvgIpc) is 2.23. The molecule has 1 aliphatic heterocycles. The van der Waals surface area contributed by atoms with Crippen molar-refractivity contribution in [2.24, 2.45) is 5.41 Å². The van der Waals surface area contributed by atoms with Crippen molar-refractivity contribution in [2.75, 3.05) is 18.0 Å². The molecule has 1 N–H and O–H groups in total. The van der Waals surface area contributed by atoms with Gasteiger partial charge in [0.2, 0.25) is 0 Å². The van der Waals surface area contributed by atoms with E-state index < -0.39 is 5.97 Å². The number of carbonyl (C=O) groups is 1. The molecule has 1 aromatic carbocycles. The Morgan fingerprint density at radius 2 is 2.12 bits per heavy atom. The molecule has 0 amide bonds. The summed E-state index contributed by atoms with van der Waals surface area (Å²) >= 11 is 0. The third-order valence-corrected chi connectivity index (χ3v) is 3.14. The largest absolute Gasteiger partial charge is 0.481 e. The van der Waals surface area contributed by atoms with Crippen molar-refractivity contribution in [1.29, 1.82) is 0 Å². The number of hydrogen-bond donors (Lipinski definition) is 1. The number of rotatable bonds is 4. The van der Waals surface area contributed by atoms with Gasteiger partial charge in [-0.2, -0.15) is 0 Å². The van der Waals surface area contributed by atoms with Crippen molar-refractivity contribution >= 4 is 11.7 Å². The SMILES string of the molecule is CC1(C)CN(c2cccc(CCC(=O)O)c2)C1. The number of nitrogens with zero attached hydrogens (tertiary/aromatic N) is 1. The maximum Gasteiger partial charge on any atom is 0.303 e. The maximum absolute atomic E-state index is 10.5. The second-order valence-electron chi connectivity index (χ2n) is 5.58. The Hall–Kier alpha value is -1.51. The maximum atomic E-state index is 10.5. The fraction of sp³-hybridized carbons (Fsp3) is 0.500. The molecule has 0 radical (unpaired) electrons. The van der Waals surface area contributed by atoms with E-state index in [1.807, 2.05) is 12.1 Å². The molecule has 1 heterocycles. The molecule has 17 heavy (non-hydrogen) atoms. The highest BCUT2D eigenvalue weighted by molar-refractivity contribution is 5.67. The molecule has 0 aliphatic carbocycles. The summed E-state index contributed by atoms with van der Waals surface area (Å²) in [5.41, 5.74) is 2.73. The molecule has 1 saturated heterocycles. The van der Waals surface area contributed by atoms with Gasteiger partial charge in [0.05, 0.1) is 0 Å². The van der Waals surface area contributed by atoms with Crippen molar-refractivity contribution in [1.82, 2.24) is 0 Å². The molecule has 3 nitrogen and oxygen atoms in total. The number of anilines is 1. The Balaban J connectivity index is 2.00. The lowest BCUT2D eigenvalue weighted by molar-refractivity contribution is -0.136. The zero-order valence-corrected chi connectivity index (χ0v) is 10.4. The van der Waals surface area contributed by atoms with E-state index in [-0.39, 0.29) is 6.42 Å². The minimum atomic E-state index is -0.736. The molecule has 0 atom stereocenters. The van der Waals surface area contributed by atoms with Gasteiger partial charge in [0.1, 0.15) is 0 Å². The topological polar surface area (TPSA) is 40.5 Å². The van der Waals surface area contributed by atoms with Crippen molar-refractivity contribution in [3.63, 3.8) is 0 Å². The Bertz CT molecular complexity index is 418. The summed E-state index contributed by atoms with van der Waals surface area (Å²) in [7, 11) is 0. The molecule has 0 bridgehead atoms. The standard InChI is InChI=1S/C14H19NO2/c1-14(2)9-15(10-14)12-5-3-4-11(8-12)6-7-13(16)17/h3-5,8H,6-7,9-10H2,1-2H3,(H,16,17). The number of carboxylic acid groups (broad SMARTS) is 1. The molecule has 3 heteroatoms. The van der Waals surface area contributed by atoms with E-state index in [0.717, 1.165) is 18.7 Å². The molecule has 0 spiro atoms. The van der Waals surface area contributed by atoms with Crippen LogP contribution >= 0.6 is 0 Å². The summed E-state index contributed by atoms with van der Waals surface area (Å²) in [6.07, 6.45) is 0.815. The first kappa shape index (κ1) is 12.0. The Labute approximate surface area is 102 Å². The highest BCUT2D eigenvalue weighted by Gasteiger charge is 2.34. The van der Waals surface area contributed by atoms with E-state index in [1.54, 1.807) is 0 Å². The predicted molar refractivity (Wildman–Crippen MR) is 68.4 cm³/mol. The first-order valence-electron chi connectivity index (χ1n) is 6.02. The lowest BCUT2D eigenvalue weighted by Gasteiger charge is -2.47. The van der Waals surface area contributed by atoms with Gasteiger partial charge in [-0.15, -0.1) is 0 Å². The normalized spacial score (nSPS) is 17.6. The fourth-order valence-corrected chi connectivity index (χ4v) is 2.33. The molecular weight excluding hydrogens is 214 g/mol. The van der Waals surface area contributed by atoms with Gasteiger partial charge in [-0.3, -0.25) is 4.79 Å². The van der Waals surface area contributed by atoms with Crippen LogP contribution in [0, 0.1) is 5.41 Å². The van der Waals surface area contributed by atoms with Crippen LogP contribution in [0.4, 0.5) is 5.69 Å². The molecule has 92 valence electrons. The summed E-state index contributed by atoms with van der Waals surface area (Å²) in [5, 5.41) is 8.67. The molecule has 0 unspecified atom stereocenters. The third-order valence-electron chi connectivity index (χ3n) is 3.14. The van der Waals surface area contributed by atoms with Gasteiger partial charge in [0.25, 0.3) is 0 Å². The van der Waals surface area contributed by atoms with Crippen LogP contribution in [0.1, 0.15) is 25.8 Å². The van der Waals surface area contributed by atoms with Gasteiger partial charge >= 0.3 is 5.97 Å². The number of aryl methyl sites for hydroxylation is 1. The first-order chi connectivity index (χ1) is 7.96. The monoisotopic (exact) mass is 233 g/mol. The highest BCUT2D eigenvalue weighted by atomic mass is 16.4. The number of benzene rings is 1. The molecule has 1 fully saturated rings. The number of hydrogen-bond acceptors (Lipinski definition) is 2. The number of aliphatic carboxylic acids is 1. The van der Waals surface area contributed by atoms with Crippen LogP contribution in [0.15, 0.2) is 24.3 Å². The van der Waals surface area contributed by atoms with Crippen LogP contribution < -0.4 is 4.90 Å². The van der Waals surface area contributed by atoms with Gasteiger partial charge in [-0.05, 0) is 29.5 Å². The van der Waals surface area contributed by atoms with Gasteiger partial charge < -0.3 is 10.0 Å². The molecule has 0 saturated carbocycles. The highest BCUT2D eigenvalue weighted by Crippen LogP contribution is 2.33. The second-order valence-corrected chi connectivity index (χ2v) is 5.58. The summed E-state index contributed by atoms with van der Waals surface area (Å²) in [5.74, 6) is -0.736. The van der Waals surface area contributed by atoms with Crippen molar-refractivity contribution < 1.29 is 9.90 Å². The summed E-state index contributed by atoms with van der Waals surface area (Å²) in [6, 6.07) is 8.22. The van der Waals surface area contributed by atoms with Gasteiger partial charge in [0.15, 0.2) is 0 Å². The van der Waals surface area contributed by atoms with Crippen molar-refractivity contribution in [3.05, 3.63) is 29.8 Å². The van der Waals surface area contributed by atoms with Gasteiger partial charge in [-0.1, -0.05) is 26.0 Å². The zero-order valence-electron chi connectivity index (χ0n) is 10.4. The third kappa shape index (κ3) is 2.99. The first-order valence-corrected chi connectivity index (χ1v) is 6.02. The smallest absolute Gasteiger partial charge is 0.303 e. The lowest BCUT2D eigenvalue weighted by atomic mass is 9.84. The van der Waals surface area contributed by atoms with E-state index in [2.05, 4.69) is 30.9 Å². The van der Waals surface area contributed by atoms with Crippen molar-refractivity contribution in [3.8, 4) is 0 Å². The molecular formula is C14H19NO2. The summed E-state index contributed by atoms with van der Waals surface area (Å²) in [6.45, 7) is 6.68. The second kappa shape index (κ2) is 4.40. The van der Waals surface area contributed by atoms with Crippen molar-refractivity contribution in [2.45, 2.75) is 26.7 Å². The van der Waals surface area contributed by atoms with Crippen LogP contribution in [-0.2, 0) is 11.2 Å². The Kier molecular flexibility index (Phi) is 3.09. The summed E-state index contributed by atoms with van der Waals surface area (Å²) in [4.78, 5) is 12.9. The zero-order chi connectivity index (χ0) is 12.5. The Morgan fingerprint density at radius 3 is 2.71 bits per heavy atom. The van der Waals surface area contributed by atoms with E-state index in [0.29, 0.717) is 11.8 Å². The van der Waals surface area contributed by atoms with E-state index in [4.69, 9.17) is 5.11 Å². The molecule has 1 aliphatic rings. The van der Waals surface area contributed by atoms with Crippen LogP contribution in [-0.4, -0.2) is 24.2 Å². The lowest BCUT2D eigenvalue weighted by Crippen LogP contribution is -2.53. The molecule has 0 aromatic heterocycles. The van der Waals surface area contributed by atoms with E-state index >= 15 is 0 Å². The Morgan fingerprint density at radius 1 is 1.41 bits per heavy atom. The molecule has 2 rings (SSSR count). The number of carboxylic acids is 1. The average molecular weight is 233 g/mol. The molecule has 1 aromatic rings. The summed E-state index contributed by atoms with van der Waals surface area (Å²) < 4.78 is 0. The minimum Gasteiger partial charge on any atom is -0.481 e. The minimum absolute atomic E-state index is 0.203.